The number of H-pyrrole nitrogens is 2. The SMILES string of the molecule is O=C(O)O.O=c1cccc[nH]1.O=c1cccc[nH]1. The summed E-state index contributed by atoms with van der Waals surface area (Å²) in [4.78, 5) is 33.9. The van der Waals surface area contributed by atoms with Gasteiger partial charge in [-0.1, -0.05) is 12.1 Å². The Labute approximate surface area is 101 Å². The van der Waals surface area contributed by atoms with Gasteiger partial charge < -0.3 is 20.2 Å². The summed E-state index contributed by atoms with van der Waals surface area (Å²) in [7, 11) is 0. The summed E-state index contributed by atoms with van der Waals surface area (Å²) in [5.41, 5.74) is -0.106. The van der Waals surface area contributed by atoms with E-state index < -0.39 is 6.16 Å². The summed E-state index contributed by atoms with van der Waals surface area (Å²) in [5, 5.41) is 13.9. The van der Waals surface area contributed by atoms with Crippen molar-refractivity contribution >= 4 is 6.16 Å². The first-order chi connectivity index (χ1) is 8.52. The van der Waals surface area contributed by atoms with Crippen LogP contribution in [0.2, 0.25) is 0 Å². The highest BCUT2D eigenvalue weighted by Gasteiger charge is 1.70. The van der Waals surface area contributed by atoms with Crippen molar-refractivity contribution in [2.75, 3.05) is 0 Å². The van der Waals surface area contributed by atoms with E-state index in [0.717, 1.165) is 0 Å². The Kier molecular flexibility index (Phi) is 7.92. The second kappa shape index (κ2) is 9.40. The summed E-state index contributed by atoms with van der Waals surface area (Å²) in [6.07, 6.45) is 1.37. The Morgan fingerprint density at radius 2 is 1.17 bits per heavy atom. The van der Waals surface area contributed by atoms with Crippen LogP contribution < -0.4 is 11.1 Å². The standard InChI is InChI=1S/2C5H5NO.CH2O3/c2*7-5-3-1-2-4-6-5;2-1(3)4/h2*1-4H,(H,6,7);(H2,2,3,4). The second-order valence-corrected chi connectivity index (χ2v) is 2.74. The number of carboxylic acid groups (broad SMARTS) is 2. The summed E-state index contributed by atoms with van der Waals surface area (Å²) in [6.45, 7) is 0. The maximum absolute atomic E-state index is 10.2. The third-order valence-corrected chi connectivity index (χ3v) is 1.36. The molecule has 7 nitrogen and oxygen atoms in total. The predicted molar refractivity (Wildman–Crippen MR) is 64.8 cm³/mol. The van der Waals surface area contributed by atoms with E-state index in [2.05, 4.69) is 9.97 Å². The number of pyridine rings is 2. The van der Waals surface area contributed by atoms with Crippen molar-refractivity contribution in [3.05, 3.63) is 69.5 Å². The van der Waals surface area contributed by atoms with Gasteiger partial charge in [-0.2, -0.15) is 0 Å². The van der Waals surface area contributed by atoms with Gasteiger partial charge in [-0.25, -0.2) is 4.79 Å². The average molecular weight is 252 g/mol. The number of rotatable bonds is 0. The van der Waals surface area contributed by atoms with Crippen LogP contribution in [0.4, 0.5) is 4.79 Å². The van der Waals surface area contributed by atoms with Crippen LogP contribution in [0.3, 0.4) is 0 Å². The lowest BCUT2D eigenvalue weighted by molar-refractivity contribution is 0.137. The average Bonchev–Trinajstić information content (AvgIpc) is 2.31. The Balaban J connectivity index is 0.000000253. The van der Waals surface area contributed by atoms with Crippen molar-refractivity contribution in [1.29, 1.82) is 0 Å². The summed E-state index contributed by atoms with van der Waals surface area (Å²) < 4.78 is 0. The predicted octanol–water partition coefficient (Wildman–Crippen LogP) is 0.972. The zero-order valence-electron chi connectivity index (χ0n) is 9.24. The molecule has 0 unspecified atom stereocenters. The zero-order valence-corrected chi connectivity index (χ0v) is 9.24. The minimum atomic E-state index is -1.83. The molecule has 2 aromatic heterocycles. The minimum Gasteiger partial charge on any atom is -0.450 e. The van der Waals surface area contributed by atoms with Crippen molar-refractivity contribution < 1.29 is 15.0 Å². The molecule has 0 fully saturated rings. The molecule has 0 bridgehead atoms. The van der Waals surface area contributed by atoms with Crippen LogP contribution >= 0.6 is 0 Å². The maximum atomic E-state index is 10.2. The van der Waals surface area contributed by atoms with Gasteiger partial charge in [0.1, 0.15) is 0 Å². The Morgan fingerprint density at radius 3 is 1.28 bits per heavy atom. The van der Waals surface area contributed by atoms with Gasteiger partial charge >= 0.3 is 6.16 Å². The monoisotopic (exact) mass is 252 g/mol. The number of aromatic amines is 2. The largest absolute Gasteiger partial charge is 0.503 e. The number of hydrogen-bond acceptors (Lipinski definition) is 3. The first-order valence-corrected chi connectivity index (χ1v) is 4.71. The van der Waals surface area contributed by atoms with Crippen molar-refractivity contribution in [2.45, 2.75) is 0 Å². The fraction of sp³-hybridized carbons (Fsp3) is 0. The summed E-state index contributed by atoms with van der Waals surface area (Å²) in [5.74, 6) is 0. The number of hydrogen-bond donors (Lipinski definition) is 4. The fourth-order valence-electron chi connectivity index (χ4n) is 0.754. The molecule has 7 heteroatoms. The summed E-state index contributed by atoms with van der Waals surface area (Å²) in [6, 6.07) is 9.86. The maximum Gasteiger partial charge on any atom is 0.503 e. The van der Waals surface area contributed by atoms with E-state index in [0.29, 0.717) is 0 Å². The van der Waals surface area contributed by atoms with E-state index in [-0.39, 0.29) is 11.1 Å². The molecule has 2 rings (SSSR count). The first-order valence-electron chi connectivity index (χ1n) is 4.71. The molecule has 4 N–H and O–H groups in total. The lowest BCUT2D eigenvalue weighted by Crippen LogP contribution is -1.98. The zero-order chi connectivity index (χ0) is 13.8. The Morgan fingerprint density at radius 1 is 0.833 bits per heavy atom. The van der Waals surface area contributed by atoms with Crippen LogP contribution in [0.15, 0.2) is 58.4 Å². The normalized spacial score (nSPS) is 8.00. The lowest BCUT2D eigenvalue weighted by atomic mass is 10.5. The number of nitrogens with one attached hydrogen (secondary N) is 2. The second-order valence-electron chi connectivity index (χ2n) is 2.74. The van der Waals surface area contributed by atoms with Gasteiger partial charge in [0.05, 0.1) is 0 Å². The van der Waals surface area contributed by atoms with Crippen LogP contribution in [0.25, 0.3) is 0 Å². The van der Waals surface area contributed by atoms with Crippen molar-refractivity contribution in [1.82, 2.24) is 9.97 Å². The van der Waals surface area contributed by atoms with Crippen LogP contribution in [0.5, 0.6) is 0 Å². The van der Waals surface area contributed by atoms with Crippen molar-refractivity contribution in [3.8, 4) is 0 Å². The third kappa shape index (κ3) is 11.2. The van der Waals surface area contributed by atoms with E-state index >= 15 is 0 Å². The minimum absolute atomic E-state index is 0.0532. The van der Waals surface area contributed by atoms with Crippen LogP contribution in [0.1, 0.15) is 0 Å². The molecule has 0 amide bonds. The molecule has 2 heterocycles. The highest BCUT2D eigenvalue weighted by Crippen LogP contribution is 1.67. The van der Waals surface area contributed by atoms with Crippen molar-refractivity contribution in [3.63, 3.8) is 0 Å². The van der Waals surface area contributed by atoms with E-state index in [9.17, 15) is 9.59 Å². The van der Waals surface area contributed by atoms with Gasteiger partial charge in [-0.3, -0.25) is 9.59 Å². The number of aromatic nitrogens is 2. The number of carbonyl (C=O) groups is 1. The van der Waals surface area contributed by atoms with Gasteiger partial charge in [0.15, 0.2) is 0 Å². The molecular weight excluding hydrogens is 240 g/mol. The third-order valence-electron chi connectivity index (χ3n) is 1.36. The highest BCUT2D eigenvalue weighted by molar-refractivity contribution is 5.53. The molecule has 0 aliphatic rings. The van der Waals surface area contributed by atoms with E-state index in [1.54, 1.807) is 36.7 Å². The van der Waals surface area contributed by atoms with E-state index in [4.69, 9.17) is 15.0 Å². The van der Waals surface area contributed by atoms with Crippen LogP contribution in [-0.4, -0.2) is 26.3 Å². The molecule has 18 heavy (non-hydrogen) atoms. The molecule has 0 aliphatic carbocycles. The smallest absolute Gasteiger partial charge is 0.450 e. The molecule has 0 radical (unpaired) electrons. The molecule has 2 aromatic rings. The Hall–Kier alpha value is -2.83. The summed E-state index contributed by atoms with van der Waals surface area (Å²) >= 11 is 0. The van der Waals surface area contributed by atoms with Gasteiger partial charge in [0, 0.05) is 24.5 Å². The van der Waals surface area contributed by atoms with Gasteiger partial charge in [-0.05, 0) is 12.1 Å². The Bertz CT molecular complexity index is 477. The molecule has 0 aliphatic heterocycles. The lowest BCUT2D eigenvalue weighted by Gasteiger charge is -1.73. The van der Waals surface area contributed by atoms with E-state index in [1.807, 2.05) is 0 Å². The van der Waals surface area contributed by atoms with Gasteiger partial charge in [0.2, 0.25) is 11.1 Å². The van der Waals surface area contributed by atoms with Crippen LogP contribution in [-0.2, 0) is 0 Å². The highest BCUT2D eigenvalue weighted by atomic mass is 16.6. The first kappa shape index (κ1) is 15.2. The topological polar surface area (TPSA) is 123 Å². The molecule has 0 atom stereocenters. The quantitative estimate of drug-likeness (QED) is 0.556. The van der Waals surface area contributed by atoms with Gasteiger partial charge in [0.25, 0.3) is 0 Å². The molecule has 0 aromatic carbocycles. The van der Waals surface area contributed by atoms with Crippen molar-refractivity contribution in [2.24, 2.45) is 0 Å². The van der Waals surface area contributed by atoms with Gasteiger partial charge in [-0.15, -0.1) is 0 Å². The van der Waals surface area contributed by atoms with Crippen LogP contribution in [0, 0.1) is 0 Å². The molecular formula is C11H12N2O5. The molecule has 0 spiro atoms. The molecule has 0 saturated carbocycles. The fourth-order valence-corrected chi connectivity index (χ4v) is 0.754. The molecule has 96 valence electrons. The van der Waals surface area contributed by atoms with E-state index in [1.165, 1.54) is 12.1 Å². The molecule has 0 saturated heterocycles.